The summed E-state index contributed by atoms with van der Waals surface area (Å²) in [6.45, 7) is 1.82. The van der Waals surface area contributed by atoms with Gasteiger partial charge in [-0.3, -0.25) is 0 Å². The van der Waals surface area contributed by atoms with Crippen LogP contribution >= 0.6 is 0 Å². The van der Waals surface area contributed by atoms with Crippen LogP contribution in [0.3, 0.4) is 0 Å². The van der Waals surface area contributed by atoms with Gasteiger partial charge in [0.2, 0.25) is 0 Å². The van der Waals surface area contributed by atoms with Crippen LogP contribution < -0.4 is 4.74 Å². The number of carbonyl (C=O) groups excluding carboxylic acids is 1. The molecule has 0 aliphatic heterocycles. The average Bonchev–Trinajstić information content (AvgIpc) is 2.87. The van der Waals surface area contributed by atoms with E-state index in [9.17, 15) is 9.90 Å². The smallest absolute Gasteiger partial charge is 0.497 e. The van der Waals surface area contributed by atoms with Crippen LogP contribution in [0.5, 0.6) is 5.75 Å². The van der Waals surface area contributed by atoms with Gasteiger partial charge < -0.3 is 19.3 Å². The van der Waals surface area contributed by atoms with E-state index in [0.717, 1.165) is 24.2 Å². The number of aliphatic hydroxyl groups is 1. The highest BCUT2D eigenvalue weighted by Gasteiger charge is 2.71. The third-order valence-electron chi connectivity index (χ3n) is 7.39. The highest BCUT2D eigenvalue weighted by molar-refractivity contribution is 5.60. The zero-order chi connectivity index (χ0) is 19.4. The number of methoxy groups -OCH3 is 2. The lowest BCUT2D eigenvalue weighted by molar-refractivity contribution is -0.150. The van der Waals surface area contributed by atoms with Crippen LogP contribution in [0.1, 0.15) is 49.7 Å². The summed E-state index contributed by atoms with van der Waals surface area (Å²) in [5.74, 6) is 0.581. The van der Waals surface area contributed by atoms with Gasteiger partial charge in [-0.15, -0.1) is 0 Å². The Morgan fingerprint density at radius 3 is 2.78 bits per heavy atom. The van der Waals surface area contributed by atoms with Crippen molar-refractivity contribution in [3.05, 3.63) is 29.3 Å². The molecule has 6 heteroatoms. The van der Waals surface area contributed by atoms with Crippen molar-refractivity contribution in [2.24, 2.45) is 11.3 Å². The molecular formula is C21H27FO5. The van der Waals surface area contributed by atoms with Gasteiger partial charge in [0, 0.05) is 17.8 Å². The predicted molar refractivity (Wildman–Crippen MR) is 96.6 cm³/mol. The lowest BCUT2D eigenvalue weighted by Gasteiger charge is -2.54. The predicted octanol–water partition coefficient (Wildman–Crippen LogP) is 3.77. The van der Waals surface area contributed by atoms with Gasteiger partial charge in [0.05, 0.1) is 20.3 Å². The molecule has 1 aromatic carbocycles. The second-order valence-electron chi connectivity index (χ2n) is 8.35. The lowest BCUT2D eigenvalue weighted by atomic mass is 9.53. The Labute approximate surface area is 158 Å². The number of hydrogen-bond donors (Lipinski definition) is 1. The summed E-state index contributed by atoms with van der Waals surface area (Å²) in [7, 11) is 2.88. The molecule has 1 N–H and O–H groups in total. The van der Waals surface area contributed by atoms with E-state index >= 15 is 4.39 Å². The van der Waals surface area contributed by atoms with E-state index in [1.54, 1.807) is 7.11 Å². The maximum atomic E-state index is 16.6. The van der Waals surface area contributed by atoms with Crippen LogP contribution in [-0.2, 0) is 15.9 Å². The molecule has 2 fully saturated rings. The minimum absolute atomic E-state index is 0.0595. The van der Waals surface area contributed by atoms with Gasteiger partial charge >= 0.3 is 6.16 Å². The number of rotatable bonds is 2. The number of aryl methyl sites for hydroxylation is 1. The fraction of sp³-hybridized carbons (Fsp3) is 0.667. The fourth-order valence-corrected chi connectivity index (χ4v) is 5.96. The number of halogens is 1. The highest BCUT2D eigenvalue weighted by atomic mass is 19.1. The second-order valence-corrected chi connectivity index (χ2v) is 8.35. The van der Waals surface area contributed by atoms with Crippen molar-refractivity contribution in [1.29, 1.82) is 0 Å². The highest BCUT2D eigenvalue weighted by Crippen LogP contribution is 2.65. The summed E-state index contributed by atoms with van der Waals surface area (Å²) in [6, 6.07) is 6.01. The molecule has 5 nitrogen and oxygen atoms in total. The molecular weight excluding hydrogens is 351 g/mol. The Hall–Kier alpha value is -1.82. The third kappa shape index (κ3) is 2.49. The first-order valence-electron chi connectivity index (χ1n) is 9.63. The fourth-order valence-electron chi connectivity index (χ4n) is 5.96. The zero-order valence-corrected chi connectivity index (χ0v) is 16.0. The lowest BCUT2D eigenvalue weighted by Crippen LogP contribution is -2.59. The third-order valence-corrected chi connectivity index (χ3v) is 7.39. The molecule has 148 valence electrons. The van der Waals surface area contributed by atoms with Crippen LogP contribution in [0.25, 0.3) is 0 Å². The van der Waals surface area contributed by atoms with Gasteiger partial charge in [-0.05, 0) is 54.9 Å². The first-order chi connectivity index (χ1) is 12.8. The maximum Gasteiger partial charge on any atom is 0.508 e. The van der Waals surface area contributed by atoms with Gasteiger partial charge in [-0.2, -0.15) is 0 Å². The van der Waals surface area contributed by atoms with Crippen LogP contribution in [0.2, 0.25) is 0 Å². The molecule has 0 aromatic heterocycles. The van der Waals surface area contributed by atoms with Crippen molar-refractivity contribution in [3.63, 3.8) is 0 Å². The van der Waals surface area contributed by atoms with Crippen molar-refractivity contribution in [2.75, 3.05) is 14.2 Å². The summed E-state index contributed by atoms with van der Waals surface area (Å²) in [5, 5.41) is 10.7. The van der Waals surface area contributed by atoms with Crippen molar-refractivity contribution < 1.29 is 28.5 Å². The molecule has 0 heterocycles. The van der Waals surface area contributed by atoms with E-state index in [1.165, 1.54) is 12.7 Å². The largest absolute Gasteiger partial charge is 0.508 e. The van der Waals surface area contributed by atoms with E-state index in [4.69, 9.17) is 9.47 Å². The van der Waals surface area contributed by atoms with E-state index in [2.05, 4.69) is 4.74 Å². The molecule has 2 saturated carbocycles. The molecule has 3 aliphatic carbocycles. The topological polar surface area (TPSA) is 65.0 Å². The molecule has 27 heavy (non-hydrogen) atoms. The quantitative estimate of drug-likeness (QED) is 0.794. The van der Waals surface area contributed by atoms with Crippen LogP contribution in [0.15, 0.2) is 18.2 Å². The Kier molecular flexibility index (Phi) is 4.37. The molecule has 0 unspecified atom stereocenters. The number of aliphatic hydroxyl groups excluding tert-OH is 1. The van der Waals surface area contributed by atoms with Gasteiger partial charge in [-0.25, -0.2) is 9.18 Å². The molecule has 0 radical (unpaired) electrons. The monoisotopic (exact) mass is 378 g/mol. The average molecular weight is 378 g/mol. The van der Waals surface area contributed by atoms with Gasteiger partial charge in [0.25, 0.3) is 0 Å². The van der Waals surface area contributed by atoms with Crippen molar-refractivity contribution in [1.82, 2.24) is 0 Å². The number of hydrogen-bond acceptors (Lipinski definition) is 5. The summed E-state index contributed by atoms with van der Waals surface area (Å²) in [6.07, 6.45) is 0.243. The molecule has 4 rings (SSSR count). The molecule has 0 bridgehead atoms. The zero-order valence-electron chi connectivity index (χ0n) is 16.0. The minimum atomic E-state index is -1.79. The van der Waals surface area contributed by atoms with E-state index in [-0.39, 0.29) is 18.3 Å². The Morgan fingerprint density at radius 2 is 2.07 bits per heavy atom. The molecule has 6 atom stereocenters. The Balaban J connectivity index is 1.69. The van der Waals surface area contributed by atoms with E-state index in [1.807, 2.05) is 25.1 Å². The SMILES string of the molecule is COC(=O)O[C@H]1C[C@@H](O)[C@]2(F)[C@@H]3CCc4cc(OC)ccc4[C@H]3CC[C@]12C. The number of carbonyl (C=O) groups is 1. The number of alkyl halides is 1. The summed E-state index contributed by atoms with van der Waals surface area (Å²) >= 11 is 0. The molecule has 0 spiro atoms. The van der Waals surface area contributed by atoms with Crippen molar-refractivity contribution in [3.8, 4) is 5.75 Å². The first-order valence-corrected chi connectivity index (χ1v) is 9.63. The maximum absolute atomic E-state index is 16.6. The minimum Gasteiger partial charge on any atom is -0.497 e. The first kappa shape index (κ1) is 18.5. The Morgan fingerprint density at radius 1 is 1.30 bits per heavy atom. The summed E-state index contributed by atoms with van der Waals surface area (Å²) in [5.41, 5.74) is -0.328. The van der Waals surface area contributed by atoms with E-state index in [0.29, 0.717) is 12.8 Å². The standard InChI is InChI=1S/C21H27FO5/c1-20-9-8-15-14-6-5-13(25-2)10-12(14)4-7-16(15)21(20,22)17(23)11-18(20)27-19(24)26-3/h5-6,10,15-18,23H,4,7-9,11H2,1-3H3/t15-,16-,17-,18+,20-,21-/m1/s1. The van der Waals surface area contributed by atoms with Crippen LogP contribution in [0, 0.1) is 11.3 Å². The Bertz CT molecular complexity index is 752. The number of ether oxygens (including phenoxy) is 3. The molecule has 0 amide bonds. The molecule has 0 saturated heterocycles. The summed E-state index contributed by atoms with van der Waals surface area (Å²) in [4.78, 5) is 11.6. The van der Waals surface area contributed by atoms with Crippen molar-refractivity contribution in [2.45, 2.75) is 62.8 Å². The number of fused-ring (bicyclic) bond motifs is 5. The van der Waals surface area contributed by atoms with E-state index < -0.39 is 29.4 Å². The second kappa shape index (κ2) is 6.36. The van der Waals surface area contributed by atoms with Gasteiger partial charge in [0.15, 0.2) is 0 Å². The molecule has 1 aromatic rings. The van der Waals surface area contributed by atoms with Gasteiger partial charge in [-0.1, -0.05) is 13.0 Å². The number of benzene rings is 1. The normalized spacial score (nSPS) is 39.7. The summed E-state index contributed by atoms with van der Waals surface area (Å²) < 4.78 is 31.9. The van der Waals surface area contributed by atoms with Crippen molar-refractivity contribution >= 4 is 6.16 Å². The van der Waals surface area contributed by atoms with Gasteiger partial charge in [0.1, 0.15) is 17.5 Å². The van der Waals surface area contributed by atoms with Crippen LogP contribution in [-0.4, -0.2) is 43.4 Å². The molecule has 3 aliphatic rings. The van der Waals surface area contributed by atoms with Crippen LogP contribution in [0.4, 0.5) is 9.18 Å².